The van der Waals surface area contributed by atoms with Gasteiger partial charge in [-0.2, -0.15) is 0 Å². The van der Waals surface area contributed by atoms with Crippen LogP contribution in [-0.4, -0.2) is 11.5 Å². The minimum atomic E-state index is 0.954. The smallest absolute Gasteiger partial charge is 0.0373 e. The maximum Gasteiger partial charge on any atom is 0.0373 e. The molecule has 1 aromatic rings. The molecule has 0 aliphatic rings. The molecule has 0 aromatic carbocycles. The van der Waals surface area contributed by atoms with Crippen molar-refractivity contribution in [2.45, 2.75) is 13.8 Å². The normalized spacial score (nSPS) is 10.5. The average Bonchev–Trinajstić information content (AvgIpc) is 2.09. The molecular formula is C10H14N2. The molecule has 1 aromatic heterocycles. The van der Waals surface area contributed by atoms with Crippen molar-refractivity contribution in [1.82, 2.24) is 10.3 Å². The quantitative estimate of drug-likeness (QED) is 0.735. The molecule has 0 atom stereocenters. The molecule has 12 heavy (non-hydrogen) atoms. The van der Waals surface area contributed by atoms with E-state index in [4.69, 9.17) is 0 Å². The van der Waals surface area contributed by atoms with Crippen LogP contribution in [0.2, 0.25) is 0 Å². The summed E-state index contributed by atoms with van der Waals surface area (Å²) in [5.74, 6) is 0. The van der Waals surface area contributed by atoms with Gasteiger partial charge in [0.05, 0.1) is 0 Å². The highest BCUT2D eigenvalue weighted by molar-refractivity contribution is 5.47. The molecule has 0 radical (unpaired) electrons. The maximum atomic E-state index is 4.18. The fourth-order valence-electron chi connectivity index (χ4n) is 0.851. The number of nitrogens with one attached hydrogen (secondary N) is 1. The van der Waals surface area contributed by atoms with E-state index in [1.165, 1.54) is 0 Å². The number of pyridine rings is 1. The monoisotopic (exact) mass is 162 g/mol. The largest absolute Gasteiger partial charge is 0.391 e. The first-order chi connectivity index (χ1) is 5.83. The second-order valence-corrected chi connectivity index (χ2v) is 2.62. The predicted molar refractivity (Wildman–Crippen MR) is 51.7 cm³/mol. The van der Waals surface area contributed by atoms with Crippen molar-refractivity contribution in [3.8, 4) is 0 Å². The molecule has 0 bridgehead atoms. The van der Waals surface area contributed by atoms with Gasteiger partial charge in [-0.25, -0.2) is 0 Å². The molecule has 0 fully saturated rings. The Morgan fingerprint density at radius 3 is 2.92 bits per heavy atom. The van der Waals surface area contributed by atoms with Crippen molar-refractivity contribution >= 4 is 6.08 Å². The topological polar surface area (TPSA) is 24.9 Å². The van der Waals surface area contributed by atoms with E-state index in [2.05, 4.69) is 23.3 Å². The summed E-state index contributed by atoms with van der Waals surface area (Å²) in [6.07, 6.45) is 5.81. The van der Waals surface area contributed by atoms with Crippen LogP contribution in [-0.2, 0) is 0 Å². The van der Waals surface area contributed by atoms with E-state index in [1.54, 1.807) is 0 Å². The molecule has 0 amide bonds. The van der Waals surface area contributed by atoms with Crippen LogP contribution in [0.5, 0.6) is 0 Å². The van der Waals surface area contributed by atoms with Crippen LogP contribution in [0.1, 0.15) is 18.2 Å². The lowest BCUT2D eigenvalue weighted by atomic mass is 10.2. The first kappa shape index (κ1) is 8.78. The zero-order valence-electron chi connectivity index (χ0n) is 7.54. The molecule has 0 spiro atoms. The lowest BCUT2D eigenvalue weighted by Gasteiger charge is -1.94. The number of hydrogen-bond donors (Lipinski definition) is 1. The molecule has 0 unspecified atom stereocenters. The summed E-state index contributed by atoms with van der Waals surface area (Å²) in [4.78, 5) is 4.18. The number of rotatable bonds is 3. The van der Waals surface area contributed by atoms with Gasteiger partial charge in [-0.3, -0.25) is 4.98 Å². The van der Waals surface area contributed by atoms with Gasteiger partial charge in [0.25, 0.3) is 0 Å². The number of hydrogen-bond acceptors (Lipinski definition) is 2. The number of aromatic nitrogens is 1. The van der Waals surface area contributed by atoms with Crippen LogP contribution in [0.15, 0.2) is 24.5 Å². The van der Waals surface area contributed by atoms with Crippen LogP contribution in [0.3, 0.4) is 0 Å². The van der Waals surface area contributed by atoms with E-state index in [0.29, 0.717) is 0 Å². The first-order valence-corrected chi connectivity index (χ1v) is 4.15. The number of aryl methyl sites for hydroxylation is 1. The molecule has 0 saturated carbocycles. The Morgan fingerprint density at radius 1 is 1.50 bits per heavy atom. The summed E-state index contributed by atoms with van der Waals surface area (Å²) < 4.78 is 0. The van der Waals surface area contributed by atoms with Crippen LogP contribution in [0.4, 0.5) is 0 Å². The lowest BCUT2D eigenvalue weighted by molar-refractivity contribution is 0.924. The Kier molecular flexibility index (Phi) is 3.33. The van der Waals surface area contributed by atoms with Gasteiger partial charge < -0.3 is 5.32 Å². The number of nitrogens with zero attached hydrogens (tertiary/aromatic N) is 1. The van der Waals surface area contributed by atoms with E-state index in [-0.39, 0.29) is 0 Å². The molecule has 64 valence electrons. The second-order valence-electron chi connectivity index (χ2n) is 2.62. The molecule has 0 aliphatic heterocycles. The highest BCUT2D eigenvalue weighted by Crippen LogP contribution is 2.00. The molecule has 1 heterocycles. The van der Waals surface area contributed by atoms with Crippen molar-refractivity contribution in [2.24, 2.45) is 0 Å². The maximum absolute atomic E-state index is 4.18. The summed E-state index contributed by atoms with van der Waals surface area (Å²) in [5, 5.41) is 3.10. The van der Waals surface area contributed by atoms with Crippen LogP contribution >= 0.6 is 0 Å². The van der Waals surface area contributed by atoms with Crippen molar-refractivity contribution in [1.29, 1.82) is 0 Å². The summed E-state index contributed by atoms with van der Waals surface area (Å²) in [7, 11) is 0. The summed E-state index contributed by atoms with van der Waals surface area (Å²) in [6.45, 7) is 5.01. The van der Waals surface area contributed by atoms with Crippen LogP contribution in [0, 0.1) is 6.92 Å². The Hall–Kier alpha value is -1.31. The third-order valence-corrected chi connectivity index (χ3v) is 1.53. The van der Waals surface area contributed by atoms with E-state index >= 15 is 0 Å². The summed E-state index contributed by atoms with van der Waals surface area (Å²) >= 11 is 0. The lowest BCUT2D eigenvalue weighted by Crippen LogP contribution is -2.00. The van der Waals surface area contributed by atoms with E-state index in [9.17, 15) is 0 Å². The molecule has 0 aliphatic carbocycles. The molecular weight excluding hydrogens is 148 g/mol. The van der Waals surface area contributed by atoms with Gasteiger partial charge >= 0.3 is 0 Å². The third-order valence-electron chi connectivity index (χ3n) is 1.53. The first-order valence-electron chi connectivity index (χ1n) is 4.15. The summed E-state index contributed by atoms with van der Waals surface area (Å²) in [6, 6.07) is 4.06. The van der Waals surface area contributed by atoms with E-state index in [1.807, 2.05) is 31.5 Å². The fraction of sp³-hybridized carbons (Fsp3) is 0.300. The Labute approximate surface area is 73.3 Å². The van der Waals surface area contributed by atoms with Gasteiger partial charge in [0.2, 0.25) is 0 Å². The standard InChI is InChI=1S/C10H14N2/c1-3-11-7-6-10-5-4-9(2)12-8-10/h4-8,11H,3H2,1-2H3/b7-6+. The van der Waals surface area contributed by atoms with Gasteiger partial charge in [-0.15, -0.1) is 0 Å². The molecule has 1 N–H and O–H groups in total. The predicted octanol–water partition coefficient (Wildman–Crippen LogP) is 1.97. The minimum absolute atomic E-state index is 0.954. The van der Waals surface area contributed by atoms with Crippen molar-refractivity contribution in [3.05, 3.63) is 35.8 Å². The van der Waals surface area contributed by atoms with Crippen LogP contribution in [0.25, 0.3) is 6.08 Å². The van der Waals surface area contributed by atoms with Gasteiger partial charge in [-0.1, -0.05) is 6.07 Å². The molecule has 0 saturated heterocycles. The van der Waals surface area contributed by atoms with Gasteiger partial charge in [0.15, 0.2) is 0 Å². The molecule has 1 rings (SSSR count). The third kappa shape index (κ3) is 2.74. The van der Waals surface area contributed by atoms with Crippen molar-refractivity contribution in [3.63, 3.8) is 0 Å². The van der Waals surface area contributed by atoms with Gasteiger partial charge in [-0.05, 0) is 37.8 Å². The second kappa shape index (κ2) is 4.54. The Balaban J connectivity index is 2.58. The molecule has 2 nitrogen and oxygen atoms in total. The van der Waals surface area contributed by atoms with Gasteiger partial charge in [0, 0.05) is 18.4 Å². The summed E-state index contributed by atoms with van der Waals surface area (Å²) in [5.41, 5.74) is 2.18. The highest BCUT2D eigenvalue weighted by Gasteiger charge is 1.85. The SMILES string of the molecule is CCN/C=C/c1ccc(C)nc1. The fourth-order valence-corrected chi connectivity index (χ4v) is 0.851. The van der Waals surface area contributed by atoms with Crippen molar-refractivity contribution < 1.29 is 0 Å². The van der Waals surface area contributed by atoms with Crippen LogP contribution < -0.4 is 5.32 Å². The minimum Gasteiger partial charge on any atom is -0.391 e. The van der Waals surface area contributed by atoms with Crippen molar-refractivity contribution in [2.75, 3.05) is 6.54 Å². The van der Waals surface area contributed by atoms with E-state index < -0.39 is 0 Å². The highest BCUT2D eigenvalue weighted by atomic mass is 14.8. The Morgan fingerprint density at radius 2 is 2.33 bits per heavy atom. The zero-order chi connectivity index (χ0) is 8.81. The Bertz CT molecular complexity index is 249. The average molecular weight is 162 g/mol. The molecule has 2 heteroatoms. The zero-order valence-corrected chi connectivity index (χ0v) is 7.54. The van der Waals surface area contributed by atoms with E-state index in [0.717, 1.165) is 17.8 Å². The van der Waals surface area contributed by atoms with Gasteiger partial charge in [0.1, 0.15) is 0 Å².